The lowest BCUT2D eigenvalue weighted by Gasteiger charge is -1.92. The van der Waals surface area contributed by atoms with E-state index in [0.717, 1.165) is 12.8 Å². The highest BCUT2D eigenvalue weighted by Crippen LogP contribution is 2.02. The average molecular weight is 178 g/mol. The van der Waals surface area contributed by atoms with Gasteiger partial charge in [-0.05, 0) is 25.3 Å². The zero-order valence-electron chi connectivity index (χ0n) is 9.10. The van der Waals surface area contributed by atoms with Gasteiger partial charge in [0.2, 0.25) is 0 Å². The van der Waals surface area contributed by atoms with Gasteiger partial charge in [-0.2, -0.15) is 0 Å². The Morgan fingerprint density at radius 3 is 2.54 bits per heavy atom. The first-order chi connectivity index (χ1) is 6.41. The van der Waals surface area contributed by atoms with E-state index in [-0.39, 0.29) is 0 Å². The van der Waals surface area contributed by atoms with Gasteiger partial charge in [0.15, 0.2) is 0 Å². The molecule has 0 aliphatic heterocycles. The highest BCUT2D eigenvalue weighted by Gasteiger charge is 1.82. The number of hydrogen-bond acceptors (Lipinski definition) is 0. The number of unbranched alkanes of at least 4 members (excludes halogenated alkanes) is 5. The lowest BCUT2D eigenvalue weighted by Crippen LogP contribution is -1.73. The maximum Gasteiger partial charge on any atom is 0.00896 e. The number of rotatable bonds is 6. The summed E-state index contributed by atoms with van der Waals surface area (Å²) in [4.78, 5) is 0. The largest absolute Gasteiger partial charge is 0.0985 e. The second-order valence-corrected chi connectivity index (χ2v) is 3.32. The van der Waals surface area contributed by atoms with Gasteiger partial charge in [0.1, 0.15) is 0 Å². The van der Waals surface area contributed by atoms with Crippen LogP contribution in [0.25, 0.3) is 0 Å². The van der Waals surface area contributed by atoms with E-state index in [0.29, 0.717) is 0 Å². The van der Waals surface area contributed by atoms with Crippen LogP contribution in [0.3, 0.4) is 0 Å². The summed E-state index contributed by atoms with van der Waals surface area (Å²) in [6.45, 7) is 4.40. The average Bonchev–Trinajstić information content (AvgIpc) is 2.16. The normalized spacial score (nSPS) is 10.0. The second-order valence-electron chi connectivity index (χ2n) is 3.32. The number of allylic oxidation sites excluding steroid dienone is 2. The van der Waals surface area contributed by atoms with E-state index in [2.05, 4.69) is 31.8 Å². The van der Waals surface area contributed by atoms with Gasteiger partial charge in [-0.1, -0.05) is 51.0 Å². The Bertz CT molecular complexity index is 166. The summed E-state index contributed by atoms with van der Waals surface area (Å²) in [6, 6.07) is 0. The Morgan fingerprint density at radius 1 is 1.00 bits per heavy atom. The van der Waals surface area contributed by atoms with Crippen molar-refractivity contribution >= 4 is 0 Å². The molecule has 0 radical (unpaired) electrons. The monoisotopic (exact) mass is 178 g/mol. The highest BCUT2D eigenvalue weighted by atomic mass is 13.9. The van der Waals surface area contributed by atoms with Gasteiger partial charge in [-0.3, -0.25) is 0 Å². The third-order valence-electron chi connectivity index (χ3n) is 1.90. The highest BCUT2D eigenvalue weighted by molar-refractivity contribution is 5.14. The Labute approximate surface area is 83.4 Å². The molecule has 0 aromatic heterocycles. The molecule has 0 heteroatoms. The molecule has 0 saturated carbocycles. The Hall–Kier alpha value is -0.700. The first kappa shape index (κ1) is 12.3. The minimum atomic E-state index is 1.03. The predicted octanol–water partition coefficient (Wildman–Crippen LogP) is 4.32. The summed E-state index contributed by atoms with van der Waals surface area (Å²) < 4.78 is 0. The van der Waals surface area contributed by atoms with Crippen LogP contribution in [-0.4, -0.2) is 0 Å². The molecule has 0 spiro atoms. The van der Waals surface area contributed by atoms with Crippen LogP contribution in [0, 0.1) is 11.8 Å². The molecule has 0 heterocycles. The van der Waals surface area contributed by atoms with Crippen LogP contribution in [-0.2, 0) is 0 Å². The van der Waals surface area contributed by atoms with Crippen LogP contribution >= 0.6 is 0 Å². The molecule has 0 aliphatic rings. The molecular formula is C13H22. The van der Waals surface area contributed by atoms with Crippen molar-refractivity contribution in [2.45, 2.75) is 58.8 Å². The van der Waals surface area contributed by atoms with E-state index in [1.807, 2.05) is 6.08 Å². The zero-order valence-corrected chi connectivity index (χ0v) is 9.10. The van der Waals surface area contributed by atoms with Gasteiger partial charge in [0.05, 0.1) is 0 Å². The molecule has 0 aromatic rings. The maximum atomic E-state index is 3.10. The maximum absolute atomic E-state index is 3.10. The molecule has 0 amide bonds. The molecule has 0 N–H and O–H groups in total. The van der Waals surface area contributed by atoms with Crippen LogP contribution < -0.4 is 0 Å². The van der Waals surface area contributed by atoms with Crippen molar-refractivity contribution in [1.29, 1.82) is 0 Å². The Kier molecular flexibility index (Phi) is 10.7. The van der Waals surface area contributed by atoms with E-state index in [1.54, 1.807) is 0 Å². The fourth-order valence-electron chi connectivity index (χ4n) is 1.09. The molecule has 0 fully saturated rings. The molecule has 0 atom stereocenters. The van der Waals surface area contributed by atoms with Crippen LogP contribution in [0.2, 0.25) is 0 Å². The summed E-state index contributed by atoms with van der Waals surface area (Å²) in [5.41, 5.74) is 0. The van der Waals surface area contributed by atoms with Crippen molar-refractivity contribution in [3.05, 3.63) is 12.2 Å². The molecule has 0 aromatic carbocycles. The summed E-state index contributed by atoms with van der Waals surface area (Å²) >= 11 is 0. The number of hydrogen-bond donors (Lipinski definition) is 0. The summed E-state index contributed by atoms with van der Waals surface area (Å²) in [5, 5.41) is 0. The molecule has 13 heavy (non-hydrogen) atoms. The Morgan fingerprint density at radius 2 is 1.85 bits per heavy atom. The fourth-order valence-corrected chi connectivity index (χ4v) is 1.09. The molecule has 0 aliphatic carbocycles. The van der Waals surface area contributed by atoms with Crippen molar-refractivity contribution in [3.63, 3.8) is 0 Å². The Balaban J connectivity index is 3.18. The zero-order chi connectivity index (χ0) is 9.78. The standard InChI is InChI=1S/C13H22/c1-3-5-7-9-11-13-12-10-8-6-4-2/h12-13H,3-7,9,11H2,1-2H3/b13-12-. The van der Waals surface area contributed by atoms with Crippen molar-refractivity contribution in [2.75, 3.05) is 0 Å². The van der Waals surface area contributed by atoms with Gasteiger partial charge in [0.25, 0.3) is 0 Å². The van der Waals surface area contributed by atoms with Gasteiger partial charge in [-0.25, -0.2) is 0 Å². The minimum Gasteiger partial charge on any atom is -0.0985 e. The fraction of sp³-hybridized carbons (Fsp3) is 0.692. The van der Waals surface area contributed by atoms with Crippen molar-refractivity contribution < 1.29 is 0 Å². The van der Waals surface area contributed by atoms with Crippen LogP contribution in [0.4, 0.5) is 0 Å². The molecule has 0 rings (SSSR count). The molecule has 74 valence electrons. The predicted molar refractivity (Wildman–Crippen MR) is 60.6 cm³/mol. The van der Waals surface area contributed by atoms with Gasteiger partial charge >= 0.3 is 0 Å². The summed E-state index contributed by atoms with van der Waals surface area (Å²) in [7, 11) is 0. The molecule has 0 unspecified atom stereocenters. The summed E-state index contributed by atoms with van der Waals surface area (Å²) in [5.74, 6) is 6.15. The lowest BCUT2D eigenvalue weighted by molar-refractivity contribution is 0.674. The van der Waals surface area contributed by atoms with Crippen LogP contribution in [0.1, 0.15) is 58.8 Å². The molecular weight excluding hydrogens is 156 g/mol. The van der Waals surface area contributed by atoms with E-state index in [4.69, 9.17) is 0 Å². The van der Waals surface area contributed by atoms with Gasteiger partial charge in [0, 0.05) is 6.42 Å². The van der Waals surface area contributed by atoms with Crippen LogP contribution in [0.15, 0.2) is 12.2 Å². The summed E-state index contributed by atoms with van der Waals surface area (Å²) in [6.07, 6.45) is 13.0. The van der Waals surface area contributed by atoms with Gasteiger partial charge in [-0.15, -0.1) is 0 Å². The minimum absolute atomic E-state index is 1.03. The molecule has 0 bridgehead atoms. The molecule has 0 nitrogen and oxygen atoms in total. The van der Waals surface area contributed by atoms with E-state index >= 15 is 0 Å². The van der Waals surface area contributed by atoms with Crippen molar-refractivity contribution in [2.24, 2.45) is 0 Å². The quantitative estimate of drug-likeness (QED) is 0.420. The van der Waals surface area contributed by atoms with E-state index in [1.165, 1.54) is 32.1 Å². The van der Waals surface area contributed by atoms with E-state index < -0.39 is 0 Å². The second kappa shape index (κ2) is 11.3. The SMILES string of the molecule is CCCC#C/C=C\CCCCCC. The topological polar surface area (TPSA) is 0 Å². The van der Waals surface area contributed by atoms with E-state index in [9.17, 15) is 0 Å². The lowest BCUT2D eigenvalue weighted by atomic mass is 10.1. The van der Waals surface area contributed by atoms with Crippen molar-refractivity contribution in [1.82, 2.24) is 0 Å². The smallest absolute Gasteiger partial charge is 0.00896 e. The first-order valence-corrected chi connectivity index (χ1v) is 5.55. The molecule has 0 saturated heterocycles. The third-order valence-corrected chi connectivity index (χ3v) is 1.90. The van der Waals surface area contributed by atoms with Crippen molar-refractivity contribution in [3.8, 4) is 11.8 Å². The van der Waals surface area contributed by atoms with Crippen LogP contribution in [0.5, 0.6) is 0 Å². The first-order valence-electron chi connectivity index (χ1n) is 5.55. The van der Waals surface area contributed by atoms with Gasteiger partial charge < -0.3 is 0 Å². The third kappa shape index (κ3) is 11.3.